The number of amides is 1. The molecule has 0 aromatic carbocycles. The van der Waals surface area contributed by atoms with Gasteiger partial charge in [-0.15, -0.1) is 0 Å². The third-order valence-corrected chi connectivity index (χ3v) is 6.06. The maximum absolute atomic E-state index is 13.6. The number of aromatic amines is 1. The van der Waals surface area contributed by atoms with E-state index in [4.69, 9.17) is 11.6 Å². The van der Waals surface area contributed by atoms with Crippen molar-refractivity contribution in [3.63, 3.8) is 0 Å². The first kappa shape index (κ1) is 23.0. The van der Waals surface area contributed by atoms with Crippen LogP contribution < -0.4 is 16.1 Å². The summed E-state index contributed by atoms with van der Waals surface area (Å²) in [5.41, 5.74) is 0.129. The highest BCUT2D eigenvalue weighted by Crippen LogP contribution is 2.23. The summed E-state index contributed by atoms with van der Waals surface area (Å²) >= 11 is 5.93. The van der Waals surface area contributed by atoms with E-state index in [2.05, 4.69) is 19.9 Å². The molecule has 0 bridgehead atoms. The number of carbonyl (C=O) groups is 1. The van der Waals surface area contributed by atoms with Crippen LogP contribution in [-0.4, -0.2) is 56.5 Å². The number of fused-ring (bicyclic) bond motifs is 1. The summed E-state index contributed by atoms with van der Waals surface area (Å²) in [6.07, 6.45) is 2.30. The van der Waals surface area contributed by atoms with E-state index in [-0.39, 0.29) is 28.4 Å². The van der Waals surface area contributed by atoms with Crippen LogP contribution >= 0.6 is 11.6 Å². The fraction of sp³-hybridized carbons (Fsp3) is 0.435. The highest BCUT2D eigenvalue weighted by molar-refractivity contribution is 6.30. The minimum absolute atomic E-state index is 0.0262. The lowest BCUT2D eigenvalue weighted by atomic mass is 10.0. The Morgan fingerprint density at radius 3 is 2.52 bits per heavy atom. The second kappa shape index (κ2) is 9.35. The predicted octanol–water partition coefficient (Wildman–Crippen LogP) is 2.63. The molecule has 1 fully saturated rings. The highest BCUT2D eigenvalue weighted by Gasteiger charge is 2.27. The quantitative estimate of drug-likeness (QED) is 0.614. The molecule has 4 rings (SSSR count). The standard InChI is InChI=1S/C23H27ClN6O3/c1-4-7-30-20-19(21(31)27-23(30)33)16(12-17(26-20)14(2)3)22(32)29-10-8-28(9-11-29)18-6-5-15(24)13-25-18/h5-6,12-14H,4,7-11H2,1-3H3,(H,27,31,33). The number of anilines is 1. The van der Waals surface area contributed by atoms with E-state index in [1.165, 1.54) is 4.57 Å². The van der Waals surface area contributed by atoms with Crippen molar-refractivity contribution in [3.8, 4) is 0 Å². The molecule has 33 heavy (non-hydrogen) atoms. The molecule has 1 amide bonds. The van der Waals surface area contributed by atoms with Gasteiger partial charge in [0.2, 0.25) is 0 Å². The van der Waals surface area contributed by atoms with Crippen LogP contribution in [0.1, 0.15) is 49.2 Å². The van der Waals surface area contributed by atoms with E-state index in [0.29, 0.717) is 49.9 Å². The Morgan fingerprint density at radius 2 is 1.91 bits per heavy atom. The Balaban J connectivity index is 1.71. The van der Waals surface area contributed by atoms with Crippen molar-refractivity contribution in [1.29, 1.82) is 0 Å². The summed E-state index contributed by atoms with van der Waals surface area (Å²) in [5.74, 6) is 0.599. The summed E-state index contributed by atoms with van der Waals surface area (Å²) in [6, 6.07) is 5.34. The number of hydrogen-bond acceptors (Lipinski definition) is 6. The number of hydrogen-bond donors (Lipinski definition) is 1. The summed E-state index contributed by atoms with van der Waals surface area (Å²) in [6.45, 7) is 8.46. The zero-order valence-corrected chi connectivity index (χ0v) is 19.7. The maximum atomic E-state index is 13.6. The second-order valence-electron chi connectivity index (χ2n) is 8.47. The molecule has 1 saturated heterocycles. The number of aryl methyl sites for hydroxylation is 1. The van der Waals surface area contributed by atoms with Gasteiger partial charge in [0.25, 0.3) is 11.5 Å². The topological polar surface area (TPSA) is 104 Å². The van der Waals surface area contributed by atoms with Crippen LogP contribution in [0.3, 0.4) is 0 Å². The number of carbonyl (C=O) groups excluding carboxylic acids is 1. The average Bonchev–Trinajstić information content (AvgIpc) is 2.81. The molecule has 0 saturated carbocycles. The molecule has 4 heterocycles. The Hall–Kier alpha value is -3.20. The molecule has 174 valence electrons. The summed E-state index contributed by atoms with van der Waals surface area (Å²) in [4.78, 5) is 54.0. The first-order chi connectivity index (χ1) is 15.8. The first-order valence-corrected chi connectivity index (χ1v) is 11.5. The fourth-order valence-corrected chi connectivity index (χ4v) is 4.16. The number of H-pyrrole nitrogens is 1. The smallest absolute Gasteiger partial charge is 0.329 e. The minimum Gasteiger partial charge on any atom is -0.353 e. The third-order valence-electron chi connectivity index (χ3n) is 5.84. The van der Waals surface area contributed by atoms with Crippen LogP contribution in [0.25, 0.3) is 11.0 Å². The number of piperazine rings is 1. The maximum Gasteiger partial charge on any atom is 0.329 e. The Kier molecular flexibility index (Phi) is 6.51. The van der Waals surface area contributed by atoms with Crippen molar-refractivity contribution >= 4 is 34.4 Å². The molecule has 0 unspecified atom stereocenters. The molecule has 3 aromatic heterocycles. The zero-order valence-electron chi connectivity index (χ0n) is 19.0. The molecule has 10 heteroatoms. The molecule has 1 aliphatic rings. The normalized spacial score (nSPS) is 14.3. The van der Waals surface area contributed by atoms with Gasteiger partial charge in [-0.3, -0.25) is 19.1 Å². The lowest BCUT2D eigenvalue weighted by molar-refractivity contribution is 0.0748. The minimum atomic E-state index is -0.586. The van der Waals surface area contributed by atoms with Gasteiger partial charge in [0.1, 0.15) is 5.82 Å². The number of pyridine rings is 2. The Labute approximate surface area is 196 Å². The fourth-order valence-electron chi connectivity index (χ4n) is 4.05. The van der Waals surface area contributed by atoms with Crippen LogP contribution in [0.5, 0.6) is 0 Å². The molecule has 0 aliphatic carbocycles. The van der Waals surface area contributed by atoms with Gasteiger partial charge in [0, 0.05) is 44.6 Å². The van der Waals surface area contributed by atoms with Crippen LogP contribution in [0.4, 0.5) is 5.82 Å². The predicted molar refractivity (Wildman–Crippen MR) is 128 cm³/mol. The van der Waals surface area contributed by atoms with Crippen LogP contribution in [0, 0.1) is 0 Å². The molecular weight excluding hydrogens is 444 g/mol. The van der Waals surface area contributed by atoms with Crippen molar-refractivity contribution < 1.29 is 4.79 Å². The molecule has 0 spiro atoms. The largest absolute Gasteiger partial charge is 0.353 e. The lowest BCUT2D eigenvalue weighted by Gasteiger charge is -2.35. The van der Waals surface area contributed by atoms with E-state index in [1.807, 2.05) is 26.8 Å². The van der Waals surface area contributed by atoms with Gasteiger partial charge >= 0.3 is 5.69 Å². The number of aromatic nitrogens is 4. The SMILES string of the molecule is CCCn1c(=O)[nH]c(=O)c2c(C(=O)N3CCN(c4ccc(Cl)cn4)CC3)cc(C(C)C)nc21. The van der Waals surface area contributed by atoms with Crippen LogP contribution in [-0.2, 0) is 6.54 Å². The van der Waals surface area contributed by atoms with E-state index in [1.54, 1.807) is 23.2 Å². The van der Waals surface area contributed by atoms with E-state index >= 15 is 0 Å². The Bertz CT molecular complexity index is 1290. The van der Waals surface area contributed by atoms with Crippen LogP contribution in [0.15, 0.2) is 34.0 Å². The van der Waals surface area contributed by atoms with Gasteiger partial charge in [-0.1, -0.05) is 32.4 Å². The molecule has 1 aliphatic heterocycles. The van der Waals surface area contributed by atoms with E-state index in [9.17, 15) is 14.4 Å². The van der Waals surface area contributed by atoms with Crippen LogP contribution in [0.2, 0.25) is 5.02 Å². The third kappa shape index (κ3) is 4.50. The first-order valence-electron chi connectivity index (χ1n) is 11.1. The van der Waals surface area contributed by atoms with Gasteiger partial charge in [-0.05, 0) is 30.5 Å². The van der Waals surface area contributed by atoms with Gasteiger partial charge in [0.15, 0.2) is 5.65 Å². The van der Waals surface area contributed by atoms with Gasteiger partial charge in [0.05, 0.1) is 16.0 Å². The van der Waals surface area contributed by atoms with Crippen molar-refractivity contribution in [2.75, 3.05) is 31.1 Å². The van der Waals surface area contributed by atoms with E-state index < -0.39 is 11.2 Å². The molecule has 1 N–H and O–H groups in total. The number of nitrogens with one attached hydrogen (secondary N) is 1. The van der Waals surface area contributed by atoms with Crippen molar-refractivity contribution in [1.82, 2.24) is 24.4 Å². The summed E-state index contributed by atoms with van der Waals surface area (Å²) in [7, 11) is 0. The zero-order chi connectivity index (χ0) is 23.7. The number of nitrogens with zero attached hydrogens (tertiary/aromatic N) is 5. The monoisotopic (exact) mass is 470 g/mol. The van der Waals surface area contributed by atoms with Crippen molar-refractivity contribution in [2.45, 2.75) is 39.7 Å². The summed E-state index contributed by atoms with van der Waals surface area (Å²) < 4.78 is 1.45. The van der Waals surface area contributed by atoms with Gasteiger partial charge in [-0.25, -0.2) is 14.8 Å². The van der Waals surface area contributed by atoms with Crippen molar-refractivity contribution in [3.05, 3.63) is 61.5 Å². The molecule has 9 nitrogen and oxygen atoms in total. The Morgan fingerprint density at radius 1 is 1.18 bits per heavy atom. The lowest BCUT2D eigenvalue weighted by Crippen LogP contribution is -2.49. The summed E-state index contributed by atoms with van der Waals surface area (Å²) in [5, 5.41) is 0.740. The molecule has 3 aromatic rings. The number of rotatable bonds is 5. The highest BCUT2D eigenvalue weighted by atomic mass is 35.5. The van der Waals surface area contributed by atoms with E-state index in [0.717, 1.165) is 5.82 Å². The second-order valence-corrected chi connectivity index (χ2v) is 8.91. The molecule has 0 radical (unpaired) electrons. The molecule has 0 atom stereocenters. The average molecular weight is 471 g/mol. The van der Waals surface area contributed by atoms with Gasteiger partial charge < -0.3 is 9.80 Å². The van der Waals surface area contributed by atoms with Crippen molar-refractivity contribution in [2.24, 2.45) is 0 Å². The molecular formula is C23H27ClN6O3. The number of halogens is 1. The van der Waals surface area contributed by atoms with Gasteiger partial charge in [-0.2, -0.15) is 0 Å².